The number of nitrogens with one attached hydrogen (secondary N) is 1. The highest BCUT2D eigenvalue weighted by atomic mass is 16.5. The predicted octanol–water partition coefficient (Wildman–Crippen LogP) is 2.42. The number of carboxylic acids is 1. The van der Waals surface area contributed by atoms with E-state index in [2.05, 4.69) is 12.2 Å². The molecule has 0 aromatic heterocycles. The third-order valence-electron chi connectivity index (χ3n) is 3.62. The Morgan fingerprint density at radius 3 is 2.44 bits per heavy atom. The van der Waals surface area contributed by atoms with Crippen LogP contribution in [0.25, 0.3) is 0 Å². The Kier molecular flexibility index (Phi) is 6.09. The first-order valence-electron chi connectivity index (χ1n) is 7.04. The van der Waals surface area contributed by atoms with Crippen molar-refractivity contribution in [2.45, 2.75) is 65.0 Å². The first-order chi connectivity index (χ1) is 8.45. The normalized spacial score (nSPS) is 25.1. The van der Waals surface area contributed by atoms with Crippen LogP contribution in [-0.4, -0.2) is 36.4 Å². The van der Waals surface area contributed by atoms with E-state index in [0.29, 0.717) is 12.6 Å². The summed E-state index contributed by atoms with van der Waals surface area (Å²) >= 11 is 0. The molecule has 0 unspecified atom stereocenters. The third kappa shape index (κ3) is 4.94. The molecule has 0 aromatic carbocycles. The fraction of sp³-hybridized carbons (Fsp3) is 0.929. The van der Waals surface area contributed by atoms with Crippen LogP contribution < -0.4 is 5.32 Å². The molecule has 1 saturated carbocycles. The molecule has 0 saturated heterocycles. The largest absolute Gasteiger partial charge is 0.481 e. The van der Waals surface area contributed by atoms with E-state index in [4.69, 9.17) is 9.84 Å². The molecule has 0 radical (unpaired) electrons. The Morgan fingerprint density at radius 2 is 1.94 bits per heavy atom. The molecule has 1 rings (SSSR count). The van der Waals surface area contributed by atoms with E-state index in [9.17, 15) is 4.79 Å². The van der Waals surface area contributed by atoms with Crippen LogP contribution >= 0.6 is 0 Å². The minimum Gasteiger partial charge on any atom is -0.481 e. The van der Waals surface area contributed by atoms with Crippen molar-refractivity contribution in [3.8, 4) is 0 Å². The molecule has 0 amide bonds. The van der Waals surface area contributed by atoms with Crippen LogP contribution in [0.5, 0.6) is 0 Å². The van der Waals surface area contributed by atoms with E-state index in [1.54, 1.807) is 13.8 Å². The van der Waals surface area contributed by atoms with Crippen molar-refractivity contribution in [2.24, 2.45) is 5.41 Å². The van der Waals surface area contributed by atoms with Gasteiger partial charge in [0.15, 0.2) is 0 Å². The van der Waals surface area contributed by atoms with Gasteiger partial charge in [0.2, 0.25) is 0 Å². The lowest BCUT2D eigenvalue weighted by Gasteiger charge is -2.31. The molecule has 0 aromatic rings. The minimum atomic E-state index is -0.791. The molecule has 18 heavy (non-hydrogen) atoms. The SMILES string of the molecule is CCCNC1CCC(OCC(C)(C)C(=O)O)CC1. The van der Waals surface area contributed by atoms with E-state index in [1.165, 1.54) is 6.42 Å². The summed E-state index contributed by atoms with van der Waals surface area (Å²) in [6, 6.07) is 0.622. The average molecular weight is 257 g/mol. The van der Waals surface area contributed by atoms with Crippen molar-refractivity contribution in [1.82, 2.24) is 5.32 Å². The summed E-state index contributed by atoms with van der Waals surface area (Å²) in [5, 5.41) is 12.6. The summed E-state index contributed by atoms with van der Waals surface area (Å²) in [7, 11) is 0. The summed E-state index contributed by atoms with van der Waals surface area (Å²) in [6.07, 6.45) is 5.76. The quantitative estimate of drug-likeness (QED) is 0.735. The van der Waals surface area contributed by atoms with E-state index < -0.39 is 11.4 Å². The second-order valence-corrected chi connectivity index (χ2v) is 5.93. The molecule has 1 fully saturated rings. The standard InChI is InChI=1S/C14H27NO3/c1-4-9-15-11-5-7-12(8-6-11)18-10-14(2,3)13(16)17/h11-12,15H,4-10H2,1-3H3,(H,16,17). The number of ether oxygens (including phenoxy) is 1. The monoisotopic (exact) mass is 257 g/mol. The van der Waals surface area contributed by atoms with Gasteiger partial charge in [-0.05, 0) is 52.5 Å². The van der Waals surface area contributed by atoms with Crippen molar-refractivity contribution in [2.75, 3.05) is 13.2 Å². The first kappa shape index (κ1) is 15.4. The molecule has 2 N–H and O–H groups in total. The van der Waals surface area contributed by atoms with Gasteiger partial charge < -0.3 is 15.2 Å². The molecule has 0 heterocycles. The van der Waals surface area contributed by atoms with Gasteiger partial charge in [0.25, 0.3) is 0 Å². The van der Waals surface area contributed by atoms with Gasteiger partial charge >= 0.3 is 5.97 Å². The highest BCUT2D eigenvalue weighted by Gasteiger charge is 2.30. The maximum absolute atomic E-state index is 11.0. The smallest absolute Gasteiger partial charge is 0.311 e. The van der Waals surface area contributed by atoms with Crippen LogP contribution in [0, 0.1) is 5.41 Å². The number of hydrogen-bond acceptors (Lipinski definition) is 3. The van der Waals surface area contributed by atoms with Gasteiger partial charge in [-0.25, -0.2) is 0 Å². The topological polar surface area (TPSA) is 58.6 Å². The lowest BCUT2D eigenvalue weighted by atomic mass is 9.91. The number of hydrogen-bond donors (Lipinski definition) is 2. The molecule has 0 spiro atoms. The van der Waals surface area contributed by atoms with Crippen molar-refractivity contribution in [3.63, 3.8) is 0 Å². The minimum absolute atomic E-state index is 0.239. The number of carbonyl (C=O) groups is 1. The number of rotatable bonds is 7. The van der Waals surface area contributed by atoms with Gasteiger partial charge in [-0.3, -0.25) is 4.79 Å². The Labute approximate surface area is 110 Å². The third-order valence-corrected chi connectivity index (χ3v) is 3.62. The van der Waals surface area contributed by atoms with Gasteiger partial charge in [-0.1, -0.05) is 6.92 Å². The van der Waals surface area contributed by atoms with Crippen LogP contribution in [0.3, 0.4) is 0 Å². The number of carboxylic acid groups (broad SMARTS) is 1. The summed E-state index contributed by atoms with van der Waals surface area (Å²) in [4.78, 5) is 11.0. The highest BCUT2D eigenvalue weighted by Crippen LogP contribution is 2.24. The Bertz CT molecular complexity index is 258. The van der Waals surface area contributed by atoms with Crippen LogP contribution in [0.15, 0.2) is 0 Å². The maximum Gasteiger partial charge on any atom is 0.311 e. The molecule has 0 bridgehead atoms. The fourth-order valence-corrected chi connectivity index (χ4v) is 2.17. The van der Waals surface area contributed by atoms with Crippen molar-refractivity contribution in [3.05, 3.63) is 0 Å². The molecule has 1 aliphatic carbocycles. The lowest BCUT2D eigenvalue weighted by Crippen LogP contribution is -2.37. The van der Waals surface area contributed by atoms with Gasteiger partial charge in [-0.2, -0.15) is 0 Å². The van der Waals surface area contributed by atoms with Gasteiger partial charge in [0.05, 0.1) is 18.1 Å². The van der Waals surface area contributed by atoms with Crippen LogP contribution in [-0.2, 0) is 9.53 Å². The van der Waals surface area contributed by atoms with E-state index in [-0.39, 0.29) is 6.10 Å². The predicted molar refractivity (Wildman–Crippen MR) is 71.7 cm³/mol. The van der Waals surface area contributed by atoms with E-state index in [1.807, 2.05) is 0 Å². The summed E-state index contributed by atoms with van der Waals surface area (Å²) in [6.45, 7) is 6.99. The molecular formula is C14H27NO3. The molecule has 0 aliphatic heterocycles. The second kappa shape index (κ2) is 7.10. The van der Waals surface area contributed by atoms with Crippen molar-refractivity contribution >= 4 is 5.97 Å². The zero-order valence-corrected chi connectivity index (χ0v) is 11.9. The molecule has 0 atom stereocenters. The molecule has 1 aliphatic rings. The molecule has 4 nitrogen and oxygen atoms in total. The molecular weight excluding hydrogens is 230 g/mol. The Morgan fingerprint density at radius 1 is 1.33 bits per heavy atom. The summed E-state index contributed by atoms with van der Waals surface area (Å²) < 4.78 is 5.75. The average Bonchev–Trinajstić information content (AvgIpc) is 2.35. The second-order valence-electron chi connectivity index (χ2n) is 5.93. The fourth-order valence-electron chi connectivity index (χ4n) is 2.17. The first-order valence-corrected chi connectivity index (χ1v) is 7.04. The molecule has 4 heteroatoms. The summed E-state index contributed by atoms with van der Waals surface area (Å²) in [5.74, 6) is -0.791. The summed E-state index contributed by atoms with van der Waals surface area (Å²) in [5.41, 5.74) is -0.780. The highest BCUT2D eigenvalue weighted by molar-refractivity contribution is 5.73. The van der Waals surface area contributed by atoms with Crippen LogP contribution in [0.1, 0.15) is 52.9 Å². The number of aliphatic carboxylic acids is 1. The van der Waals surface area contributed by atoms with Crippen LogP contribution in [0.2, 0.25) is 0 Å². The maximum atomic E-state index is 11.0. The lowest BCUT2D eigenvalue weighted by molar-refractivity contribution is -0.152. The van der Waals surface area contributed by atoms with Crippen LogP contribution in [0.4, 0.5) is 0 Å². The van der Waals surface area contributed by atoms with E-state index in [0.717, 1.165) is 32.2 Å². The van der Waals surface area contributed by atoms with E-state index >= 15 is 0 Å². The van der Waals surface area contributed by atoms with Crippen molar-refractivity contribution < 1.29 is 14.6 Å². The zero-order valence-electron chi connectivity index (χ0n) is 11.9. The van der Waals surface area contributed by atoms with Crippen molar-refractivity contribution in [1.29, 1.82) is 0 Å². The zero-order chi connectivity index (χ0) is 13.6. The van der Waals surface area contributed by atoms with Gasteiger partial charge in [-0.15, -0.1) is 0 Å². The molecule has 106 valence electrons. The Hall–Kier alpha value is -0.610. The van der Waals surface area contributed by atoms with Gasteiger partial charge in [0, 0.05) is 6.04 Å². The Balaban J connectivity index is 2.21. The van der Waals surface area contributed by atoms with Gasteiger partial charge in [0.1, 0.15) is 0 Å².